The van der Waals surface area contributed by atoms with E-state index < -0.39 is 5.97 Å². The highest BCUT2D eigenvalue weighted by Gasteiger charge is 2.12. The minimum absolute atomic E-state index is 0.209. The molecule has 0 aliphatic rings. The molecule has 4 aromatic rings. The normalized spacial score (nSPS) is 10.6. The number of carbonyl (C=O) groups excluding carboxylic acids is 2. The highest BCUT2D eigenvalue weighted by atomic mass is 16.5. The van der Waals surface area contributed by atoms with Crippen LogP contribution < -0.4 is 5.32 Å². The molecule has 0 radical (unpaired) electrons. The smallest absolute Gasteiger partial charge is 0.337 e. The molecule has 7 nitrogen and oxygen atoms in total. The SMILES string of the molecule is COC(=O)c1ccc(CNC(=O)c2ccc(-c3nnc(-c4cccc(C)c4)o3)cc2)cc1. The van der Waals surface area contributed by atoms with E-state index in [0.29, 0.717) is 29.5 Å². The van der Waals surface area contributed by atoms with Gasteiger partial charge in [-0.15, -0.1) is 10.2 Å². The zero-order chi connectivity index (χ0) is 22.5. The monoisotopic (exact) mass is 427 g/mol. The van der Waals surface area contributed by atoms with Crippen molar-refractivity contribution < 1.29 is 18.7 Å². The molecule has 0 bridgehead atoms. The summed E-state index contributed by atoms with van der Waals surface area (Å²) >= 11 is 0. The third-order valence-corrected chi connectivity index (χ3v) is 4.91. The van der Waals surface area contributed by atoms with Crippen molar-refractivity contribution in [3.63, 3.8) is 0 Å². The minimum atomic E-state index is -0.395. The molecular weight excluding hydrogens is 406 g/mol. The number of carbonyl (C=O) groups is 2. The lowest BCUT2D eigenvalue weighted by molar-refractivity contribution is 0.0600. The predicted molar refractivity (Wildman–Crippen MR) is 119 cm³/mol. The lowest BCUT2D eigenvalue weighted by Crippen LogP contribution is -2.22. The number of benzene rings is 3. The molecule has 160 valence electrons. The Bertz CT molecular complexity index is 1240. The van der Waals surface area contributed by atoms with Gasteiger partial charge >= 0.3 is 5.97 Å². The van der Waals surface area contributed by atoms with Crippen LogP contribution in [0.25, 0.3) is 22.9 Å². The van der Waals surface area contributed by atoms with Gasteiger partial charge in [-0.05, 0) is 61.0 Å². The van der Waals surface area contributed by atoms with Crippen LogP contribution in [0.5, 0.6) is 0 Å². The molecule has 1 N–H and O–H groups in total. The van der Waals surface area contributed by atoms with E-state index in [9.17, 15) is 9.59 Å². The van der Waals surface area contributed by atoms with Crippen LogP contribution in [0.4, 0.5) is 0 Å². The Morgan fingerprint density at radius 1 is 0.875 bits per heavy atom. The zero-order valence-corrected chi connectivity index (χ0v) is 17.7. The van der Waals surface area contributed by atoms with Crippen molar-refractivity contribution in [3.05, 3.63) is 95.1 Å². The topological polar surface area (TPSA) is 94.3 Å². The third kappa shape index (κ3) is 4.73. The molecule has 0 saturated heterocycles. The molecule has 0 aliphatic heterocycles. The number of hydrogen-bond acceptors (Lipinski definition) is 6. The summed E-state index contributed by atoms with van der Waals surface area (Å²) in [5.74, 6) is 0.232. The van der Waals surface area contributed by atoms with E-state index >= 15 is 0 Å². The number of aryl methyl sites for hydroxylation is 1. The first kappa shape index (κ1) is 21.0. The summed E-state index contributed by atoms with van der Waals surface area (Å²) in [6.45, 7) is 2.34. The average molecular weight is 427 g/mol. The van der Waals surface area contributed by atoms with Crippen molar-refractivity contribution in [1.82, 2.24) is 15.5 Å². The van der Waals surface area contributed by atoms with Crippen molar-refractivity contribution >= 4 is 11.9 Å². The van der Waals surface area contributed by atoms with Crippen molar-refractivity contribution in [2.75, 3.05) is 7.11 Å². The molecule has 0 spiro atoms. The first-order valence-electron chi connectivity index (χ1n) is 10.00. The Kier molecular flexibility index (Phi) is 6.07. The second-order valence-electron chi connectivity index (χ2n) is 7.23. The van der Waals surface area contributed by atoms with E-state index in [4.69, 9.17) is 4.42 Å². The molecule has 4 rings (SSSR count). The molecule has 3 aromatic carbocycles. The minimum Gasteiger partial charge on any atom is -0.465 e. The molecule has 7 heteroatoms. The molecular formula is C25H21N3O4. The number of esters is 1. The molecule has 0 unspecified atom stereocenters. The largest absolute Gasteiger partial charge is 0.465 e. The number of rotatable bonds is 6. The molecule has 0 atom stereocenters. The Balaban J connectivity index is 1.39. The van der Waals surface area contributed by atoms with Crippen LogP contribution in [-0.4, -0.2) is 29.2 Å². The highest BCUT2D eigenvalue weighted by Crippen LogP contribution is 2.24. The summed E-state index contributed by atoms with van der Waals surface area (Å²) in [6, 6.07) is 21.7. The van der Waals surface area contributed by atoms with Crippen molar-refractivity contribution in [1.29, 1.82) is 0 Å². The van der Waals surface area contributed by atoms with Crippen LogP contribution in [-0.2, 0) is 11.3 Å². The molecule has 0 saturated carbocycles. The molecule has 1 amide bonds. The summed E-state index contributed by atoms with van der Waals surface area (Å²) < 4.78 is 10.5. The number of nitrogens with one attached hydrogen (secondary N) is 1. The third-order valence-electron chi connectivity index (χ3n) is 4.91. The number of aromatic nitrogens is 2. The quantitative estimate of drug-likeness (QED) is 0.458. The van der Waals surface area contributed by atoms with Gasteiger partial charge in [-0.25, -0.2) is 4.79 Å². The maximum absolute atomic E-state index is 12.5. The van der Waals surface area contributed by atoms with Gasteiger partial charge in [0.1, 0.15) is 0 Å². The van der Waals surface area contributed by atoms with E-state index in [1.54, 1.807) is 48.5 Å². The van der Waals surface area contributed by atoms with Crippen molar-refractivity contribution in [2.24, 2.45) is 0 Å². The van der Waals surface area contributed by atoms with Crippen molar-refractivity contribution in [2.45, 2.75) is 13.5 Å². The first-order chi connectivity index (χ1) is 15.5. The average Bonchev–Trinajstić information content (AvgIpc) is 3.33. The fraction of sp³-hybridized carbons (Fsp3) is 0.120. The van der Waals surface area contributed by atoms with Crippen LogP contribution in [0.2, 0.25) is 0 Å². The molecule has 0 fully saturated rings. The van der Waals surface area contributed by atoms with Gasteiger partial charge in [-0.2, -0.15) is 0 Å². The Morgan fingerprint density at radius 2 is 1.53 bits per heavy atom. The second-order valence-corrected chi connectivity index (χ2v) is 7.23. The van der Waals surface area contributed by atoms with E-state index in [0.717, 1.165) is 22.3 Å². The summed E-state index contributed by atoms with van der Waals surface area (Å²) in [6.07, 6.45) is 0. The Hall–Kier alpha value is -4.26. The summed E-state index contributed by atoms with van der Waals surface area (Å²) in [7, 11) is 1.34. The standard InChI is InChI=1S/C25H21N3O4/c1-16-4-3-5-21(14-16)24-28-27-23(32-24)19-12-10-18(11-13-19)22(29)26-15-17-6-8-20(9-7-17)25(30)31-2/h3-14H,15H2,1-2H3,(H,26,29). The second kappa shape index (κ2) is 9.26. The van der Waals surface area contributed by atoms with E-state index in [1.807, 2.05) is 31.2 Å². The molecule has 0 aliphatic carbocycles. The van der Waals surface area contributed by atoms with E-state index in [1.165, 1.54) is 7.11 Å². The highest BCUT2D eigenvalue weighted by molar-refractivity contribution is 5.94. The van der Waals surface area contributed by atoms with Gasteiger partial charge in [-0.1, -0.05) is 29.8 Å². The molecule has 32 heavy (non-hydrogen) atoms. The Labute approximate surface area is 185 Å². The zero-order valence-electron chi connectivity index (χ0n) is 17.7. The van der Waals surface area contributed by atoms with E-state index in [-0.39, 0.29) is 5.91 Å². The van der Waals surface area contributed by atoms with Gasteiger partial charge in [0.2, 0.25) is 11.8 Å². The van der Waals surface area contributed by atoms with Crippen LogP contribution in [0.15, 0.2) is 77.2 Å². The lowest BCUT2D eigenvalue weighted by atomic mass is 10.1. The van der Waals surface area contributed by atoms with Gasteiger partial charge in [0.05, 0.1) is 12.7 Å². The lowest BCUT2D eigenvalue weighted by Gasteiger charge is -2.07. The summed E-state index contributed by atoms with van der Waals surface area (Å²) in [4.78, 5) is 24.0. The number of hydrogen-bond donors (Lipinski definition) is 1. The number of methoxy groups -OCH3 is 1. The van der Waals surface area contributed by atoms with Crippen molar-refractivity contribution in [3.8, 4) is 22.9 Å². The summed E-state index contributed by atoms with van der Waals surface area (Å²) in [5.41, 5.74) is 4.54. The van der Waals surface area contributed by atoms with Gasteiger partial charge in [-0.3, -0.25) is 4.79 Å². The maximum atomic E-state index is 12.5. The first-order valence-corrected chi connectivity index (χ1v) is 10.00. The number of amides is 1. The van der Waals surface area contributed by atoms with Gasteiger partial charge < -0.3 is 14.5 Å². The Morgan fingerprint density at radius 3 is 2.19 bits per heavy atom. The van der Waals surface area contributed by atoms with E-state index in [2.05, 4.69) is 20.3 Å². The fourth-order valence-corrected chi connectivity index (χ4v) is 3.16. The van der Waals surface area contributed by atoms with Crippen LogP contribution in [0.3, 0.4) is 0 Å². The van der Waals surface area contributed by atoms with Crippen LogP contribution >= 0.6 is 0 Å². The number of ether oxygens (including phenoxy) is 1. The van der Waals surface area contributed by atoms with Gasteiger partial charge in [0.15, 0.2) is 0 Å². The van der Waals surface area contributed by atoms with Crippen LogP contribution in [0, 0.1) is 6.92 Å². The summed E-state index contributed by atoms with van der Waals surface area (Å²) in [5, 5.41) is 11.1. The molecule has 1 heterocycles. The molecule has 1 aromatic heterocycles. The number of nitrogens with zero attached hydrogens (tertiary/aromatic N) is 2. The van der Waals surface area contributed by atoms with Gasteiger partial charge in [0, 0.05) is 23.2 Å². The maximum Gasteiger partial charge on any atom is 0.337 e. The van der Waals surface area contributed by atoms with Gasteiger partial charge in [0.25, 0.3) is 5.91 Å². The predicted octanol–water partition coefficient (Wildman–Crippen LogP) is 4.43. The van der Waals surface area contributed by atoms with Crippen LogP contribution in [0.1, 0.15) is 31.8 Å². The fourth-order valence-electron chi connectivity index (χ4n) is 3.16.